The van der Waals surface area contributed by atoms with Gasteiger partial charge >= 0.3 is 0 Å². The molecule has 0 saturated heterocycles. The molecule has 1 N–H and O–H groups in total. The number of nitrogens with one attached hydrogen (secondary N) is 1. The number of rotatable bonds is 4. The van der Waals surface area contributed by atoms with Crippen LogP contribution in [0.25, 0.3) is 0 Å². The van der Waals surface area contributed by atoms with Crippen molar-refractivity contribution in [3.63, 3.8) is 0 Å². The van der Waals surface area contributed by atoms with Crippen LogP contribution in [0.5, 0.6) is 0 Å². The minimum Gasteiger partial charge on any atom is -0.304 e. The smallest absolute Gasteiger partial charge is 0.0939 e. The van der Waals surface area contributed by atoms with Crippen LogP contribution in [0.3, 0.4) is 0 Å². The molecule has 2 aromatic heterocycles. The maximum atomic E-state index is 6.26. The predicted octanol–water partition coefficient (Wildman–Crippen LogP) is 2.78. The molecule has 19 heavy (non-hydrogen) atoms. The van der Waals surface area contributed by atoms with E-state index in [1.54, 1.807) is 10.9 Å². The number of pyridine rings is 1. The van der Waals surface area contributed by atoms with Crippen LogP contribution in [0.1, 0.15) is 35.5 Å². The molecule has 0 aliphatic carbocycles. The highest BCUT2D eigenvalue weighted by molar-refractivity contribution is 6.31. The summed E-state index contributed by atoms with van der Waals surface area (Å²) in [4.78, 5) is 4.57. The molecule has 2 heterocycles. The Morgan fingerprint density at radius 1 is 1.37 bits per heavy atom. The summed E-state index contributed by atoms with van der Waals surface area (Å²) in [5.74, 6) is 0. The molecule has 0 amide bonds. The SMILES string of the molecule is CCNC(c1ncc(C)cc1C)c1c(Cl)cnn1C. The van der Waals surface area contributed by atoms with Crippen LogP contribution in [0, 0.1) is 13.8 Å². The van der Waals surface area contributed by atoms with Crippen LogP contribution < -0.4 is 5.32 Å². The Hall–Kier alpha value is -1.39. The first kappa shape index (κ1) is 14.0. The summed E-state index contributed by atoms with van der Waals surface area (Å²) in [6, 6.07) is 2.10. The minimum atomic E-state index is -0.0365. The zero-order valence-corrected chi connectivity index (χ0v) is 12.5. The van der Waals surface area contributed by atoms with Crippen molar-refractivity contribution in [3.05, 3.63) is 46.0 Å². The van der Waals surface area contributed by atoms with Gasteiger partial charge in [0.15, 0.2) is 0 Å². The first-order valence-corrected chi connectivity index (χ1v) is 6.76. The highest BCUT2D eigenvalue weighted by Crippen LogP contribution is 2.28. The van der Waals surface area contributed by atoms with Crippen LogP contribution in [0.4, 0.5) is 0 Å². The lowest BCUT2D eigenvalue weighted by molar-refractivity contribution is 0.559. The second-order valence-corrected chi connectivity index (χ2v) is 5.11. The summed E-state index contributed by atoms with van der Waals surface area (Å²) in [6.07, 6.45) is 3.56. The van der Waals surface area contributed by atoms with E-state index < -0.39 is 0 Å². The fourth-order valence-electron chi connectivity index (χ4n) is 2.30. The third-order valence-electron chi connectivity index (χ3n) is 3.15. The Balaban J connectivity index is 2.51. The van der Waals surface area contributed by atoms with E-state index >= 15 is 0 Å². The average molecular weight is 279 g/mol. The Bertz CT molecular complexity index is 557. The van der Waals surface area contributed by atoms with Gasteiger partial charge in [0.1, 0.15) is 0 Å². The van der Waals surface area contributed by atoms with Crippen molar-refractivity contribution in [1.82, 2.24) is 20.1 Å². The zero-order chi connectivity index (χ0) is 14.0. The van der Waals surface area contributed by atoms with E-state index in [4.69, 9.17) is 11.6 Å². The zero-order valence-electron chi connectivity index (χ0n) is 11.7. The Morgan fingerprint density at radius 3 is 2.63 bits per heavy atom. The molecule has 0 aliphatic heterocycles. The van der Waals surface area contributed by atoms with Crippen molar-refractivity contribution >= 4 is 11.6 Å². The number of halogens is 1. The second kappa shape index (κ2) is 5.72. The summed E-state index contributed by atoms with van der Waals surface area (Å²) in [6.45, 7) is 7.02. The number of aromatic nitrogens is 3. The minimum absolute atomic E-state index is 0.0365. The molecule has 1 atom stereocenters. The first-order chi connectivity index (χ1) is 9.04. The molecule has 102 valence electrons. The molecule has 0 bridgehead atoms. The van der Waals surface area contributed by atoms with E-state index in [0.717, 1.165) is 29.1 Å². The predicted molar refractivity (Wildman–Crippen MR) is 77.4 cm³/mol. The monoisotopic (exact) mass is 278 g/mol. The summed E-state index contributed by atoms with van der Waals surface area (Å²) >= 11 is 6.26. The van der Waals surface area contributed by atoms with Crippen LogP contribution in [-0.2, 0) is 7.05 Å². The average Bonchev–Trinajstić information content (AvgIpc) is 2.67. The Kier molecular flexibility index (Phi) is 4.22. The van der Waals surface area contributed by atoms with Gasteiger partial charge in [-0.25, -0.2) is 0 Å². The molecule has 2 rings (SSSR count). The quantitative estimate of drug-likeness (QED) is 0.935. The summed E-state index contributed by atoms with van der Waals surface area (Å²) in [5, 5.41) is 8.31. The van der Waals surface area contributed by atoms with Gasteiger partial charge in [0.25, 0.3) is 0 Å². The normalized spacial score (nSPS) is 12.7. The van der Waals surface area contributed by atoms with Crippen molar-refractivity contribution in [3.8, 4) is 0 Å². The second-order valence-electron chi connectivity index (χ2n) is 4.71. The van der Waals surface area contributed by atoms with Gasteiger partial charge in [0.05, 0.1) is 28.6 Å². The van der Waals surface area contributed by atoms with E-state index in [2.05, 4.69) is 35.3 Å². The summed E-state index contributed by atoms with van der Waals surface area (Å²) in [5.41, 5.74) is 4.26. The molecule has 0 saturated carbocycles. The van der Waals surface area contributed by atoms with E-state index in [1.165, 1.54) is 0 Å². The first-order valence-electron chi connectivity index (χ1n) is 6.38. The number of aryl methyl sites for hydroxylation is 3. The molecule has 2 aromatic rings. The number of hydrogen-bond acceptors (Lipinski definition) is 3. The fraction of sp³-hybridized carbons (Fsp3) is 0.429. The lowest BCUT2D eigenvalue weighted by Crippen LogP contribution is -2.26. The van der Waals surface area contributed by atoms with Crippen molar-refractivity contribution < 1.29 is 0 Å². The van der Waals surface area contributed by atoms with Gasteiger partial charge < -0.3 is 5.32 Å². The van der Waals surface area contributed by atoms with Crippen LogP contribution in [-0.4, -0.2) is 21.3 Å². The van der Waals surface area contributed by atoms with Crippen molar-refractivity contribution in [2.24, 2.45) is 7.05 Å². The maximum Gasteiger partial charge on any atom is 0.0939 e. The lowest BCUT2D eigenvalue weighted by atomic mass is 10.0. The Morgan fingerprint density at radius 2 is 2.11 bits per heavy atom. The van der Waals surface area contributed by atoms with Gasteiger partial charge in [0, 0.05) is 13.2 Å². The van der Waals surface area contributed by atoms with Crippen LogP contribution in [0.2, 0.25) is 5.02 Å². The fourth-order valence-corrected chi connectivity index (χ4v) is 2.58. The molecule has 0 radical (unpaired) electrons. The van der Waals surface area contributed by atoms with Gasteiger partial charge in [-0.1, -0.05) is 24.6 Å². The molecular formula is C14H19ClN4. The molecule has 1 unspecified atom stereocenters. The van der Waals surface area contributed by atoms with E-state index in [0.29, 0.717) is 5.02 Å². The Labute approximate surface area is 118 Å². The number of nitrogens with zero attached hydrogens (tertiary/aromatic N) is 3. The maximum absolute atomic E-state index is 6.26. The summed E-state index contributed by atoms with van der Waals surface area (Å²) < 4.78 is 1.80. The molecule has 0 spiro atoms. The third kappa shape index (κ3) is 2.80. The van der Waals surface area contributed by atoms with E-state index in [9.17, 15) is 0 Å². The topological polar surface area (TPSA) is 42.7 Å². The van der Waals surface area contributed by atoms with Gasteiger partial charge in [-0.05, 0) is 31.5 Å². The summed E-state index contributed by atoms with van der Waals surface area (Å²) in [7, 11) is 1.90. The third-order valence-corrected chi connectivity index (χ3v) is 3.44. The van der Waals surface area contributed by atoms with Gasteiger partial charge in [-0.2, -0.15) is 5.10 Å². The molecular weight excluding hydrogens is 260 g/mol. The van der Waals surface area contributed by atoms with Gasteiger partial charge in [0.2, 0.25) is 0 Å². The highest BCUT2D eigenvalue weighted by Gasteiger charge is 2.22. The lowest BCUT2D eigenvalue weighted by Gasteiger charge is -2.20. The standard InChI is InChI=1S/C14H19ClN4/c1-5-16-13(14-11(15)8-18-19(14)4)12-10(3)6-9(2)7-17-12/h6-8,13,16H,5H2,1-4H3. The van der Waals surface area contributed by atoms with Crippen LogP contribution in [0.15, 0.2) is 18.5 Å². The van der Waals surface area contributed by atoms with Crippen molar-refractivity contribution in [2.45, 2.75) is 26.8 Å². The van der Waals surface area contributed by atoms with Crippen molar-refractivity contribution in [2.75, 3.05) is 6.54 Å². The van der Waals surface area contributed by atoms with Gasteiger partial charge in [-0.3, -0.25) is 9.67 Å². The van der Waals surface area contributed by atoms with Gasteiger partial charge in [-0.15, -0.1) is 0 Å². The van der Waals surface area contributed by atoms with Crippen molar-refractivity contribution in [1.29, 1.82) is 0 Å². The highest BCUT2D eigenvalue weighted by atomic mass is 35.5. The molecule has 0 aromatic carbocycles. The van der Waals surface area contributed by atoms with Crippen LogP contribution >= 0.6 is 11.6 Å². The largest absolute Gasteiger partial charge is 0.304 e. The molecule has 4 nitrogen and oxygen atoms in total. The van der Waals surface area contributed by atoms with E-state index in [1.807, 2.05) is 20.2 Å². The number of hydrogen-bond donors (Lipinski definition) is 1. The molecule has 0 fully saturated rings. The molecule has 0 aliphatic rings. The van der Waals surface area contributed by atoms with E-state index in [-0.39, 0.29) is 6.04 Å². The molecule has 5 heteroatoms.